The Morgan fingerprint density at radius 3 is 2.52 bits per heavy atom. The van der Waals surface area contributed by atoms with E-state index in [1.54, 1.807) is 0 Å². The van der Waals surface area contributed by atoms with Crippen LogP contribution in [0.3, 0.4) is 0 Å². The van der Waals surface area contributed by atoms with Gasteiger partial charge in [-0.05, 0) is 6.07 Å². The van der Waals surface area contributed by atoms with Crippen molar-refractivity contribution in [1.82, 2.24) is 10.2 Å². The first kappa shape index (κ1) is 16.3. The van der Waals surface area contributed by atoms with E-state index in [0.29, 0.717) is 5.13 Å². The number of phenolic OH excluding ortho intramolecular Hbond substituents is 1. The number of rotatable bonds is 3. The van der Waals surface area contributed by atoms with Crippen LogP contribution in [0.2, 0.25) is 15.1 Å². The maximum absolute atomic E-state index is 12.2. The highest BCUT2D eigenvalue weighted by Gasteiger charge is 2.22. The van der Waals surface area contributed by atoms with Crippen molar-refractivity contribution >= 4 is 57.2 Å². The molecule has 2 N–H and O–H groups in total. The van der Waals surface area contributed by atoms with Gasteiger partial charge in [-0.2, -0.15) is 0 Å². The molecular formula is C12H10Cl3N3O2S. The van der Waals surface area contributed by atoms with Crippen LogP contribution >= 0.6 is 46.1 Å². The van der Waals surface area contributed by atoms with Crippen LogP contribution < -0.4 is 5.32 Å². The summed E-state index contributed by atoms with van der Waals surface area (Å²) in [7, 11) is 0. The number of hydrogen-bond acceptors (Lipinski definition) is 5. The number of nitrogens with zero attached hydrogens (tertiary/aromatic N) is 2. The molecule has 0 unspecified atom stereocenters. The van der Waals surface area contributed by atoms with E-state index in [1.807, 2.05) is 13.8 Å². The van der Waals surface area contributed by atoms with Crippen molar-refractivity contribution in [1.29, 1.82) is 0 Å². The first-order valence-corrected chi connectivity index (χ1v) is 7.77. The molecule has 0 fully saturated rings. The molecule has 5 nitrogen and oxygen atoms in total. The summed E-state index contributed by atoms with van der Waals surface area (Å²) in [6, 6.07) is 1.26. The van der Waals surface area contributed by atoms with E-state index in [0.717, 1.165) is 5.01 Å². The number of aromatic nitrogens is 2. The van der Waals surface area contributed by atoms with Gasteiger partial charge in [0, 0.05) is 5.92 Å². The minimum atomic E-state index is -0.659. The van der Waals surface area contributed by atoms with Crippen LogP contribution in [-0.2, 0) is 0 Å². The van der Waals surface area contributed by atoms with Gasteiger partial charge in [-0.1, -0.05) is 60.0 Å². The van der Waals surface area contributed by atoms with Gasteiger partial charge in [-0.3, -0.25) is 10.1 Å². The third kappa shape index (κ3) is 3.40. The molecule has 0 aliphatic heterocycles. The van der Waals surface area contributed by atoms with Gasteiger partial charge in [0.25, 0.3) is 5.91 Å². The highest BCUT2D eigenvalue weighted by molar-refractivity contribution is 7.15. The van der Waals surface area contributed by atoms with Crippen molar-refractivity contribution < 1.29 is 9.90 Å². The zero-order valence-electron chi connectivity index (χ0n) is 10.9. The summed E-state index contributed by atoms with van der Waals surface area (Å²) in [4.78, 5) is 12.2. The van der Waals surface area contributed by atoms with E-state index < -0.39 is 11.7 Å². The zero-order valence-corrected chi connectivity index (χ0v) is 14.0. The van der Waals surface area contributed by atoms with Crippen LogP contribution in [0.1, 0.15) is 35.1 Å². The topological polar surface area (TPSA) is 75.1 Å². The predicted octanol–water partition coefficient (Wildman–Crippen LogP) is 4.58. The number of benzene rings is 1. The molecule has 0 aliphatic carbocycles. The molecule has 0 saturated carbocycles. The van der Waals surface area contributed by atoms with Gasteiger partial charge in [-0.15, -0.1) is 10.2 Å². The normalized spacial score (nSPS) is 11.0. The Morgan fingerprint density at radius 2 is 1.95 bits per heavy atom. The Hall–Kier alpha value is -1.08. The standard InChI is InChI=1S/C12H10Cl3N3O2S/c1-4(2)11-17-18-12(21-11)16-10(20)7-8(15)5(13)3-6(14)9(7)19/h3-4,19H,1-2H3,(H,16,18,20). The molecule has 0 radical (unpaired) electrons. The van der Waals surface area contributed by atoms with E-state index in [-0.39, 0.29) is 26.5 Å². The molecule has 0 atom stereocenters. The average molecular weight is 367 g/mol. The van der Waals surface area contributed by atoms with Crippen LogP contribution in [0.4, 0.5) is 5.13 Å². The number of anilines is 1. The summed E-state index contributed by atoms with van der Waals surface area (Å²) >= 11 is 18.8. The van der Waals surface area contributed by atoms with Gasteiger partial charge < -0.3 is 5.11 Å². The Kier molecular flexibility index (Phi) is 4.93. The molecule has 0 bridgehead atoms. The smallest absolute Gasteiger partial charge is 0.262 e. The van der Waals surface area contributed by atoms with Crippen molar-refractivity contribution in [2.75, 3.05) is 5.32 Å². The van der Waals surface area contributed by atoms with Crippen molar-refractivity contribution in [2.45, 2.75) is 19.8 Å². The van der Waals surface area contributed by atoms with E-state index in [1.165, 1.54) is 17.4 Å². The number of nitrogens with one attached hydrogen (secondary N) is 1. The fourth-order valence-corrected chi connectivity index (χ4v) is 2.90. The fourth-order valence-electron chi connectivity index (χ4n) is 1.47. The molecule has 1 amide bonds. The Labute approximate surface area is 139 Å². The summed E-state index contributed by atoms with van der Waals surface area (Å²) in [6.45, 7) is 3.93. The monoisotopic (exact) mass is 365 g/mol. The third-order valence-electron chi connectivity index (χ3n) is 2.53. The molecule has 0 spiro atoms. The maximum Gasteiger partial charge on any atom is 0.262 e. The number of amides is 1. The SMILES string of the molecule is CC(C)c1nnc(NC(=O)c2c(O)c(Cl)cc(Cl)c2Cl)s1. The highest BCUT2D eigenvalue weighted by Crippen LogP contribution is 2.38. The van der Waals surface area contributed by atoms with E-state index in [2.05, 4.69) is 15.5 Å². The second-order valence-electron chi connectivity index (χ2n) is 4.43. The van der Waals surface area contributed by atoms with Crippen molar-refractivity contribution in [3.8, 4) is 5.75 Å². The molecule has 9 heteroatoms. The lowest BCUT2D eigenvalue weighted by Crippen LogP contribution is -2.13. The molecular weight excluding hydrogens is 357 g/mol. The first-order chi connectivity index (χ1) is 9.81. The van der Waals surface area contributed by atoms with Crippen molar-refractivity contribution in [2.24, 2.45) is 0 Å². The molecule has 0 saturated heterocycles. The minimum Gasteiger partial charge on any atom is -0.505 e. The van der Waals surface area contributed by atoms with Gasteiger partial charge in [0.15, 0.2) is 0 Å². The zero-order chi connectivity index (χ0) is 15.7. The number of hydrogen-bond donors (Lipinski definition) is 2. The molecule has 1 aromatic carbocycles. The molecule has 112 valence electrons. The molecule has 1 aromatic heterocycles. The van der Waals surface area contributed by atoms with Gasteiger partial charge in [0.2, 0.25) is 5.13 Å². The Morgan fingerprint density at radius 1 is 1.29 bits per heavy atom. The Bertz CT molecular complexity index is 677. The van der Waals surface area contributed by atoms with Gasteiger partial charge >= 0.3 is 0 Å². The number of carbonyl (C=O) groups is 1. The highest BCUT2D eigenvalue weighted by atomic mass is 35.5. The van der Waals surface area contributed by atoms with E-state index in [4.69, 9.17) is 34.8 Å². The van der Waals surface area contributed by atoms with Crippen LogP contribution in [0, 0.1) is 0 Å². The lowest BCUT2D eigenvalue weighted by Gasteiger charge is -2.09. The van der Waals surface area contributed by atoms with Gasteiger partial charge in [-0.25, -0.2) is 0 Å². The molecule has 2 rings (SSSR count). The maximum atomic E-state index is 12.2. The van der Waals surface area contributed by atoms with Crippen molar-refractivity contribution in [3.63, 3.8) is 0 Å². The van der Waals surface area contributed by atoms with Crippen LogP contribution in [0.25, 0.3) is 0 Å². The first-order valence-electron chi connectivity index (χ1n) is 5.82. The average Bonchev–Trinajstić information content (AvgIpc) is 2.85. The van der Waals surface area contributed by atoms with E-state index >= 15 is 0 Å². The van der Waals surface area contributed by atoms with Crippen molar-refractivity contribution in [3.05, 3.63) is 31.7 Å². The van der Waals surface area contributed by atoms with Crippen LogP contribution in [0.15, 0.2) is 6.07 Å². The summed E-state index contributed by atoms with van der Waals surface area (Å²) in [5.74, 6) is -0.892. The van der Waals surface area contributed by atoms with Gasteiger partial charge in [0.1, 0.15) is 16.3 Å². The number of halogens is 3. The minimum absolute atomic E-state index is 0.0605. The van der Waals surface area contributed by atoms with E-state index in [9.17, 15) is 9.90 Å². The summed E-state index contributed by atoms with van der Waals surface area (Å²) in [6.07, 6.45) is 0. The lowest BCUT2D eigenvalue weighted by atomic mass is 10.2. The van der Waals surface area contributed by atoms with Crippen LogP contribution in [0.5, 0.6) is 5.75 Å². The second-order valence-corrected chi connectivity index (χ2v) is 6.63. The van der Waals surface area contributed by atoms with Crippen LogP contribution in [-0.4, -0.2) is 21.2 Å². The van der Waals surface area contributed by atoms with Gasteiger partial charge in [0.05, 0.1) is 15.1 Å². The summed E-state index contributed by atoms with van der Waals surface area (Å²) in [5, 5.41) is 21.2. The number of phenols is 1. The quantitative estimate of drug-likeness (QED) is 0.780. The molecule has 1 heterocycles. The molecule has 0 aliphatic rings. The summed E-state index contributed by atoms with van der Waals surface area (Å²) < 4.78 is 0. The molecule has 2 aromatic rings. The lowest BCUT2D eigenvalue weighted by molar-refractivity contribution is 0.102. The fraction of sp³-hybridized carbons (Fsp3) is 0.250. The second kappa shape index (κ2) is 6.36. The summed E-state index contributed by atoms with van der Waals surface area (Å²) in [5.41, 5.74) is -0.199. The number of aromatic hydroxyl groups is 1. The molecule has 21 heavy (non-hydrogen) atoms. The number of carbonyl (C=O) groups excluding carboxylic acids is 1. The predicted molar refractivity (Wildman–Crippen MR) is 85.1 cm³/mol. The largest absolute Gasteiger partial charge is 0.505 e. The third-order valence-corrected chi connectivity index (χ3v) is 4.74. The Balaban J connectivity index is 2.32.